The van der Waals surface area contributed by atoms with Gasteiger partial charge >= 0.3 is 0 Å². The summed E-state index contributed by atoms with van der Waals surface area (Å²) in [4.78, 5) is 13.4. The van der Waals surface area contributed by atoms with Gasteiger partial charge < -0.3 is 15.8 Å². The Bertz CT molecular complexity index is 235. The van der Waals surface area contributed by atoms with E-state index in [1.54, 1.807) is 0 Å². The average molecular weight is 213 g/mol. The molecule has 0 aromatic carbocycles. The van der Waals surface area contributed by atoms with Gasteiger partial charge in [-0.3, -0.25) is 9.69 Å². The van der Waals surface area contributed by atoms with Crippen LogP contribution in [0.4, 0.5) is 0 Å². The fourth-order valence-corrected chi connectivity index (χ4v) is 2.21. The van der Waals surface area contributed by atoms with Gasteiger partial charge in [0, 0.05) is 38.6 Å². The Morgan fingerprint density at radius 2 is 2.47 bits per heavy atom. The van der Waals surface area contributed by atoms with E-state index in [-0.39, 0.29) is 12.0 Å². The van der Waals surface area contributed by atoms with E-state index in [4.69, 9.17) is 10.5 Å². The third kappa shape index (κ3) is 2.90. The Kier molecular flexibility index (Phi) is 3.56. The fourth-order valence-electron chi connectivity index (χ4n) is 2.21. The molecule has 15 heavy (non-hydrogen) atoms. The molecular formula is C10H19N3O2. The molecule has 1 amide bonds. The number of morpholine rings is 1. The first-order valence-electron chi connectivity index (χ1n) is 5.61. The average Bonchev–Trinajstić information content (AvgIpc) is 2.64. The highest BCUT2D eigenvalue weighted by atomic mass is 16.5. The van der Waals surface area contributed by atoms with Crippen LogP contribution in [-0.4, -0.2) is 55.7 Å². The summed E-state index contributed by atoms with van der Waals surface area (Å²) in [6.45, 7) is 4.10. The van der Waals surface area contributed by atoms with E-state index in [9.17, 15) is 4.79 Å². The third-order valence-electron chi connectivity index (χ3n) is 3.05. The van der Waals surface area contributed by atoms with Crippen LogP contribution < -0.4 is 11.1 Å². The zero-order valence-electron chi connectivity index (χ0n) is 8.95. The summed E-state index contributed by atoms with van der Waals surface area (Å²) < 4.78 is 5.49. The molecular weight excluding hydrogens is 194 g/mol. The normalized spacial score (nSPS) is 33.0. The lowest BCUT2D eigenvalue weighted by Crippen LogP contribution is -2.49. The first kappa shape index (κ1) is 10.9. The number of ether oxygens (including phenoxy) is 1. The monoisotopic (exact) mass is 213 g/mol. The van der Waals surface area contributed by atoms with Gasteiger partial charge in [-0.25, -0.2) is 0 Å². The predicted molar refractivity (Wildman–Crippen MR) is 56.4 cm³/mol. The van der Waals surface area contributed by atoms with Crippen molar-refractivity contribution in [3.05, 3.63) is 0 Å². The Balaban J connectivity index is 1.76. The molecule has 0 saturated carbocycles. The van der Waals surface area contributed by atoms with Crippen LogP contribution in [0.1, 0.15) is 12.8 Å². The third-order valence-corrected chi connectivity index (χ3v) is 3.05. The number of amides is 1. The zero-order valence-corrected chi connectivity index (χ0v) is 8.95. The first-order valence-corrected chi connectivity index (χ1v) is 5.61. The van der Waals surface area contributed by atoms with E-state index < -0.39 is 0 Å². The fraction of sp³-hybridized carbons (Fsp3) is 0.900. The summed E-state index contributed by atoms with van der Waals surface area (Å²) in [5.74, 6) is 0.184. The maximum atomic E-state index is 11.0. The second-order valence-electron chi connectivity index (χ2n) is 4.29. The lowest BCUT2D eigenvalue weighted by atomic mass is 10.2. The molecule has 0 spiro atoms. The minimum atomic E-state index is 0.163. The number of carbonyl (C=O) groups is 1. The number of nitrogens with zero attached hydrogens (tertiary/aromatic N) is 1. The quantitative estimate of drug-likeness (QED) is 0.626. The summed E-state index contributed by atoms with van der Waals surface area (Å²) in [5, 5.41) is 2.98. The molecule has 0 bridgehead atoms. The summed E-state index contributed by atoms with van der Waals surface area (Å²) in [5.41, 5.74) is 5.57. The maximum Gasteiger partial charge on any atom is 0.220 e. The molecule has 2 rings (SSSR count). The van der Waals surface area contributed by atoms with E-state index in [0.717, 1.165) is 32.7 Å². The van der Waals surface area contributed by atoms with Crippen molar-refractivity contribution in [2.75, 3.05) is 32.8 Å². The van der Waals surface area contributed by atoms with Crippen molar-refractivity contribution < 1.29 is 9.53 Å². The molecule has 2 saturated heterocycles. The molecule has 2 heterocycles. The van der Waals surface area contributed by atoms with Crippen LogP contribution in [0.3, 0.4) is 0 Å². The van der Waals surface area contributed by atoms with Crippen LogP contribution in [0.2, 0.25) is 0 Å². The summed E-state index contributed by atoms with van der Waals surface area (Å²) in [6.07, 6.45) is 1.80. The van der Waals surface area contributed by atoms with Gasteiger partial charge in [0.1, 0.15) is 0 Å². The van der Waals surface area contributed by atoms with E-state index in [0.29, 0.717) is 19.0 Å². The van der Waals surface area contributed by atoms with Crippen molar-refractivity contribution in [3.63, 3.8) is 0 Å². The lowest BCUT2D eigenvalue weighted by Gasteiger charge is -2.33. The predicted octanol–water partition coefficient (Wildman–Crippen LogP) is -1.08. The molecule has 0 aromatic heterocycles. The van der Waals surface area contributed by atoms with E-state index in [1.807, 2.05) is 0 Å². The van der Waals surface area contributed by atoms with E-state index in [2.05, 4.69) is 10.2 Å². The van der Waals surface area contributed by atoms with Crippen molar-refractivity contribution in [2.24, 2.45) is 5.73 Å². The van der Waals surface area contributed by atoms with Gasteiger partial charge in [0.05, 0.1) is 12.7 Å². The number of nitrogens with two attached hydrogens (primary N) is 1. The minimum Gasteiger partial charge on any atom is -0.374 e. The van der Waals surface area contributed by atoms with Crippen LogP contribution in [-0.2, 0) is 9.53 Å². The van der Waals surface area contributed by atoms with Crippen molar-refractivity contribution >= 4 is 5.91 Å². The van der Waals surface area contributed by atoms with Gasteiger partial charge in [0.2, 0.25) is 5.91 Å². The molecule has 5 nitrogen and oxygen atoms in total. The molecule has 2 unspecified atom stereocenters. The molecule has 86 valence electrons. The Labute approximate surface area is 89.9 Å². The largest absolute Gasteiger partial charge is 0.374 e. The zero-order chi connectivity index (χ0) is 10.7. The number of carbonyl (C=O) groups excluding carboxylic acids is 1. The van der Waals surface area contributed by atoms with E-state index in [1.165, 1.54) is 0 Å². The highest BCUT2D eigenvalue weighted by Crippen LogP contribution is 2.11. The second kappa shape index (κ2) is 4.92. The van der Waals surface area contributed by atoms with Crippen molar-refractivity contribution in [3.8, 4) is 0 Å². The standard InChI is InChI=1S/C10H19N3O2/c11-5-9-7-13(3-4-15-9)6-8-1-2-10(14)12-8/h8-9H,1-7,11H2,(H,12,14). The number of hydrogen-bond donors (Lipinski definition) is 2. The number of nitrogens with one attached hydrogen (secondary N) is 1. The van der Waals surface area contributed by atoms with Crippen molar-refractivity contribution in [1.29, 1.82) is 0 Å². The first-order chi connectivity index (χ1) is 7.28. The van der Waals surface area contributed by atoms with Gasteiger partial charge in [-0.1, -0.05) is 0 Å². The Hall–Kier alpha value is -0.650. The molecule has 2 fully saturated rings. The maximum absolute atomic E-state index is 11.0. The van der Waals surface area contributed by atoms with Gasteiger partial charge in [0.15, 0.2) is 0 Å². The van der Waals surface area contributed by atoms with Gasteiger partial charge in [-0.2, -0.15) is 0 Å². The van der Waals surface area contributed by atoms with Crippen molar-refractivity contribution in [1.82, 2.24) is 10.2 Å². The van der Waals surface area contributed by atoms with E-state index >= 15 is 0 Å². The van der Waals surface area contributed by atoms with Crippen LogP contribution in [0.5, 0.6) is 0 Å². The molecule has 0 radical (unpaired) electrons. The molecule has 5 heteroatoms. The van der Waals surface area contributed by atoms with Crippen molar-refractivity contribution in [2.45, 2.75) is 25.0 Å². The highest BCUT2D eigenvalue weighted by Gasteiger charge is 2.26. The van der Waals surface area contributed by atoms with Crippen LogP contribution in [0.15, 0.2) is 0 Å². The Morgan fingerprint density at radius 3 is 3.13 bits per heavy atom. The highest BCUT2D eigenvalue weighted by molar-refractivity contribution is 5.78. The molecule has 2 aliphatic heterocycles. The summed E-state index contributed by atoms with van der Waals surface area (Å²) >= 11 is 0. The number of hydrogen-bond acceptors (Lipinski definition) is 4. The molecule has 0 aliphatic carbocycles. The molecule has 2 aliphatic rings. The van der Waals surface area contributed by atoms with Crippen LogP contribution in [0, 0.1) is 0 Å². The van der Waals surface area contributed by atoms with Gasteiger partial charge in [0.25, 0.3) is 0 Å². The Morgan fingerprint density at radius 1 is 1.60 bits per heavy atom. The molecule has 2 atom stereocenters. The van der Waals surface area contributed by atoms with Crippen LogP contribution >= 0.6 is 0 Å². The smallest absolute Gasteiger partial charge is 0.220 e. The second-order valence-corrected chi connectivity index (χ2v) is 4.29. The van der Waals surface area contributed by atoms with Crippen LogP contribution in [0.25, 0.3) is 0 Å². The van der Waals surface area contributed by atoms with Gasteiger partial charge in [-0.05, 0) is 6.42 Å². The summed E-state index contributed by atoms with van der Waals surface area (Å²) in [6, 6.07) is 0.328. The summed E-state index contributed by atoms with van der Waals surface area (Å²) in [7, 11) is 0. The SMILES string of the molecule is NCC1CN(CC2CCC(=O)N2)CCO1. The minimum absolute atomic E-state index is 0.163. The number of rotatable bonds is 3. The molecule has 3 N–H and O–H groups in total. The topological polar surface area (TPSA) is 67.6 Å². The lowest BCUT2D eigenvalue weighted by molar-refractivity contribution is -0.119. The van der Waals surface area contributed by atoms with Gasteiger partial charge in [-0.15, -0.1) is 0 Å². The molecule has 0 aromatic rings.